The second-order valence-corrected chi connectivity index (χ2v) is 6.19. The molecule has 2 unspecified atom stereocenters. The third-order valence-corrected chi connectivity index (χ3v) is 3.36. The van der Waals surface area contributed by atoms with Crippen molar-refractivity contribution in [3.05, 3.63) is 30.1 Å². The first-order valence-corrected chi connectivity index (χ1v) is 6.89. The van der Waals surface area contributed by atoms with Crippen molar-refractivity contribution < 1.29 is 19.4 Å². The molecule has 0 bridgehead atoms. The molecule has 1 aliphatic heterocycles. The lowest BCUT2D eigenvalue weighted by molar-refractivity contribution is -0.141. The number of aliphatic carboxylic acids is 1. The van der Waals surface area contributed by atoms with Crippen molar-refractivity contribution in [1.82, 2.24) is 9.88 Å². The molecule has 1 aliphatic rings. The SMILES string of the molecule is CC(C)(C)OC(=O)N1CC(C(=O)O)C(c2ccccn2)C1. The van der Waals surface area contributed by atoms with Gasteiger partial charge in [0, 0.05) is 30.9 Å². The van der Waals surface area contributed by atoms with Gasteiger partial charge in [-0.25, -0.2) is 4.79 Å². The number of amides is 1. The van der Waals surface area contributed by atoms with Crippen LogP contribution in [0.3, 0.4) is 0 Å². The zero-order valence-corrected chi connectivity index (χ0v) is 12.4. The molecule has 0 radical (unpaired) electrons. The van der Waals surface area contributed by atoms with E-state index in [-0.39, 0.29) is 12.5 Å². The summed E-state index contributed by atoms with van der Waals surface area (Å²) in [6, 6.07) is 5.39. The van der Waals surface area contributed by atoms with Crippen molar-refractivity contribution in [1.29, 1.82) is 0 Å². The summed E-state index contributed by atoms with van der Waals surface area (Å²) in [5.41, 5.74) is 0.0924. The van der Waals surface area contributed by atoms with Crippen LogP contribution in [-0.4, -0.2) is 45.7 Å². The minimum atomic E-state index is -0.920. The zero-order valence-electron chi connectivity index (χ0n) is 12.4. The van der Waals surface area contributed by atoms with Gasteiger partial charge in [-0.05, 0) is 32.9 Å². The van der Waals surface area contributed by atoms with E-state index in [2.05, 4.69) is 4.98 Å². The fraction of sp³-hybridized carbons (Fsp3) is 0.533. The molecule has 1 N–H and O–H groups in total. The van der Waals surface area contributed by atoms with E-state index in [1.54, 1.807) is 39.1 Å². The summed E-state index contributed by atoms with van der Waals surface area (Å²) in [7, 11) is 0. The van der Waals surface area contributed by atoms with E-state index in [0.29, 0.717) is 12.2 Å². The first-order valence-electron chi connectivity index (χ1n) is 6.89. The van der Waals surface area contributed by atoms with Crippen molar-refractivity contribution in [2.24, 2.45) is 5.92 Å². The van der Waals surface area contributed by atoms with Gasteiger partial charge in [0.05, 0.1) is 5.92 Å². The summed E-state index contributed by atoms with van der Waals surface area (Å²) in [4.78, 5) is 29.2. The Labute approximate surface area is 123 Å². The van der Waals surface area contributed by atoms with Gasteiger partial charge >= 0.3 is 12.1 Å². The van der Waals surface area contributed by atoms with Crippen LogP contribution < -0.4 is 0 Å². The predicted octanol–water partition coefficient (Wildman–Crippen LogP) is 2.12. The molecule has 0 aliphatic carbocycles. The molecule has 6 nitrogen and oxygen atoms in total. The molecule has 2 rings (SSSR count). The average molecular weight is 292 g/mol. The van der Waals surface area contributed by atoms with Gasteiger partial charge in [0.25, 0.3) is 0 Å². The minimum Gasteiger partial charge on any atom is -0.481 e. The highest BCUT2D eigenvalue weighted by Gasteiger charge is 2.42. The molecular formula is C15H20N2O4. The van der Waals surface area contributed by atoms with Crippen LogP contribution in [0.15, 0.2) is 24.4 Å². The van der Waals surface area contributed by atoms with Crippen LogP contribution in [0.1, 0.15) is 32.4 Å². The van der Waals surface area contributed by atoms with E-state index < -0.39 is 23.6 Å². The first-order chi connectivity index (χ1) is 9.78. The maximum Gasteiger partial charge on any atom is 0.410 e. The van der Waals surface area contributed by atoms with Crippen LogP contribution in [0.4, 0.5) is 4.79 Å². The number of carbonyl (C=O) groups excluding carboxylic acids is 1. The maximum atomic E-state index is 12.1. The molecule has 21 heavy (non-hydrogen) atoms. The third kappa shape index (κ3) is 3.71. The Balaban J connectivity index is 2.16. The number of rotatable bonds is 2. The fourth-order valence-electron chi connectivity index (χ4n) is 2.42. The summed E-state index contributed by atoms with van der Waals surface area (Å²) in [6.07, 6.45) is 1.15. The molecule has 1 aromatic heterocycles. The van der Waals surface area contributed by atoms with Crippen LogP contribution in [0.2, 0.25) is 0 Å². The highest BCUT2D eigenvalue weighted by molar-refractivity contribution is 5.75. The van der Waals surface area contributed by atoms with E-state index in [9.17, 15) is 14.7 Å². The number of ether oxygens (including phenoxy) is 1. The lowest BCUT2D eigenvalue weighted by atomic mass is 9.93. The van der Waals surface area contributed by atoms with E-state index in [4.69, 9.17) is 4.74 Å². The predicted molar refractivity (Wildman–Crippen MR) is 75.9 cm³/mol. The number of hydrogen-bond acceptors (Lipinski definition) is 4. The van der Waals surface area contributed by atoms with Crippen LogP contribution >= 0.6 is 0 Å². The number of carboxylic acid groups (broad SMARTS) is 1. The Bertz CT molecular complexity index is 524. The second kappa shape index (κ2) is 5.71. The standard InChI is InChI=1S/C15H20N2O4/c1-15(2,3)21-14(20)17-8-10(11(9-17)13(18)19)12-6-4-5-7-16-12/h4-7,10-11H,8-9H2,1-3H3,(H,18,19). The van der Waals surface area contributed by atoms with E-state index in [1.807, 2.05) is 6.07 Å². The Morgan fingerprint density at radius 1 is 1.33 bits per heavy atom. The smallest absolute Gasteiger partial charge is 0.410 e. The Hall–Kier alpha value is -2.11. The molecule has 2 heterocycles. The Kier molecular flexibility index (Phi) is 4.16. The molecule has 114 valence electrons. The van der Waals surface area contributed by atoms with Gasteiger partial charge in [-0.1, -0.05) is 6.07 Å². The maximum absolute atomic E-state index is 12.1. The van der Waals surface area contributed by atoms with E-state index in [1.165, 1.54) is 4.90 Å². The highest BCUT2D eigenvalue weighted by Crippen LogP contribution is 2.32. The van der Waals surface area contributed by atoms with Crippen molar-refractivity contribution in [2.45, 2.75) is 32.3 Å². The largest absolute Gasteiger partial charge is 0.481 e. The van der Waals surface area contributed by atoms with Gasteiger partial charge in [0.2, 0.25) is 0 Å². The molecular weight excluding hydrogens is 272 g/mol. The van der Waals surface area contributed by atoms with Crippen molar-refractivity contribution >= 4 is 12.1 Å². The highest BCUT2D eigenvalue weighted by atomic mass is 16.6. The van der Waals surface area contributed by atoms with Crippen molar-refractivity contribution in [2.75, 3.05) is 13.1 Å². The van der Waals surface area contributed by atoms with Gasteiger partial charge < -0.3 is 14.7 Å². The summed E-state index contributed by atoms with van der Waals surface area (Å²) >= 11 is 0. The topological polar surface area (TPSA) is 79.7 Å². The normalized spacial score (nSPS) is 22.1. The van der Waals surface area contributed by atoms with Crippen LogP contribution in [-0.2, 0) is 9.53 Å². The third-order valence-electron chi connectivity index (χ3n) is 3.36. The quantitative estimate of drug-likeness (QED) is 0.903. The van der Waals surface area contributed by atoms with Gasteiger partial charge in [0.1, 0.15) is 5.60 Å². The van der Waals surface area contributed by atoms with E-state index >= 15 is 0 Å². The zero-order chi connectivity index (χ0) is 15.6. The lowest BCUT2D eigenvalue weighted by Crippen LogP contribution is -2.35. The first kappa shape index (κ1) is 15.3. The van der Waals surface area contributed by atoms with E-state index in [0.717, 1.165) is 0 Å². The van der Waals surface area contributed by atoms with Crippen LogP contribution in [0.5, 0.6) is 0 Å². The molecule has 0 spiro atoms. The van der Waals surface area contributed by atoms with Gasteiger partial charge in [0.15, 0.2) is 0 Å². The minimum absolute atomic E-state index is 0.144. The second-order valence-electron chi connectivity index (χ2n) is 6.19. The average Bonchev–Trinajstić information content (AvgIpc) is 2.83. The summed E-state index contributed by atoms with van der Waals surface area (Å²) in [6.45, 7) is 5.80. The summed E-state index contributed by atoms with van der Waals surface area (Å²) in [5.74, 6) is -1.89. The van der Waals surface area contributed by atoms with Gasteiger partial charge in [-0.2, -0.15) is 0 Å². The summed E-state index contributed by atoms with van der Waals surface area (Å²) < 4.78 is 5.31. The molecule has 0 aromatic carbocycles. The molecule has 6 heteroatoms. The molecule has 1 saturated heterocycles. The van der Waals surface area contributed by atoms with Crippen molar-refractivity contribution in [3.8, 4) is 0 Å². The Morgan fingerprint density at radius 2 is 2.05 bits per heavy atom. The summed E-state index contributed by atoms with van der Waals surface area (Å²) in [5, 5.41) is 9.37. The lowest BCUT2D eigenvalue weighted by Gasteiger charge is -2.24. The Morgan fingerprint density at radius 3 is 2.57 bits per heavy atom. The fourth-order valence-corrected chi connectivity index (χ4v) is 2.42. The number of pyridine rings is 1. The number of likely N-dealkylation sites (tertiary alicyclic amines) is 1. The number of carboxylic acids is 1. The van der Waals surface area contributed by atoms with Crippen LogP contribution in [0.25, 0.3) is 0 Å². The molecule has 1 fully saturated rings. The van der Waals surface area contributed by atoms with Crippen LogP contribution in [0, 0.1) is 5.92 Å². The number of nitrogens with zero attached hydrogens (tertiary/aromatic N) is 2. The monoisotopic (exact) mass is 292 g/mol. The molecule has 2 atom stereocenters. The van der Waals surface area contributed by atoms with Gasteiger partial charge in [-0.3, -0.25) is 9.78 Å². The number of carbonyl (C=O) groups is 2. The van der Waals surface area contributed by atoms with Gasteiger partial charge in [-0.15, -0.1) is 0 Å². The van der Waals surface area contributed by atoms with Crippen molar-refractivity contribution in [3.63, 3.8) is 0 Å². The molecule has 1 aromatic rings. The number of hydrogen-bond donors (Lipinski definition) is 1. The number of aromatic nitrogens is 1. The molecule has 0 saturated carbocycles. The molecule has 1 amide bonds.